The van der Waals surface area contributed by atoms with Gasteiger partial charge in [-0.05, 0) is 24.1 Å². The van der Waals surface area contributed by atoms with Crippen molar-refractivity contribution in [2.24, 2.45) is 0 Å². The SMILES string of the molecule is O=C(/C=C/c1ccccc1Cl)N1CCC(n2ccnn2)C1. The van der Waals surface area contributed by atoms with Gasteiger partial charge in [0.2, 0.25) is 5.91 Å². The molecule has 0 spiro atoms. The first-order chi connectivity index (χ1) is 10.2. The number of rotatable bonds is 3. The highest BCUT2D eigenvalue weighted by molar-refractivity contribution is 6.32. The summed E-state index contributed by atoms with van der Waals surface area (Å²) in [4.78, 5) is 14.0. The van der Waals surface area contributed by atoms with Gasteiger partial charge >= 0.3 is 0 Å². The molecule has 3 rings (SSSR count). The molecule has 1 fully saturated rings. The lowest BCUT2D eigenvalue weighted by molar-refractivity contribution is -0.125. The fourth-order valence-corrected chi connectivity index (χ4v) is 2.65. The Morgan fingerprint density at radius 1 is 1.38 bits per heavy atom. The van der Waals surface area contributed by atoms with E-state index in [0.29, 0.717) is 11.6 Å². The van der Waals surface area contributed by atoms with Crippen LogP contribution in [0.4, 0.5) is 0 Å². The number of halogens is 1. The number of carbonyl (C=O) groups is 1. The summed E-state index contributed by atoms with van der Waals surface area (Å²) >= 11 is 6.06. The van der Waals surface area contributed by atoms with E-state index in [4.69, 9.17) is 11.6 Å². The molecule has 2 heterocycles. The van der Waals surface area contributed by atoms with Crippen molar-refractivity contribution in [3.8, 4) is 0 Å². The van der Waals surface area contributed by atoms with Gasteiger partial charge < -0.3 is 4.90 Å². The van der Waals surface area contributed by atoms with E-state index in [0.717, 1.165) is 18.5 Å². The normalized spacial score (nSPS) is 18.5. The quantitative estimate of drug-likeness (QED) is 0.818. The molecule has 108 valence electrons. The van der Waals surface area contributed by atoms with Gasteiger partial charge in [-0.2, -0.15) is 0 Å². The Morgan fingerprint density at radius 2 is 2.24 bits per heavy atom. The topological polar surface area (TPSA) is 51.0 Å². The van der Waals surface area contributed by atoms with Gasteiger partial charge in [0.15, 0.2) is 0 Å². The fraction of sp³-hybridized carbons (Fsp3) is 0.267. The highest BCUT2D eigenvalue weighted by Crippen LogP contribution is 2.21. The second kappa shape index (κ2) is 6.10. The summed E-state index contributed by atoms with van der Waals surface area (Å²) < 4.78 is 1.81. The number of likely N-dealkylation sites (tertiary alicyclic amines) is 1. The van der Waals surface area contributed by atoms with Crippen molar-refractivity contribution in [2.45, 2.75) is 12.5 Å². The van der Waals surface area contributed by atoms with E-state index in [-0.39, 0.29) is 11.9 Å². The molecule has 1 aliphatic heterocycles. The first kappa shape index (κ1) is 13.8. The lowest BCUT2D eigenvalue weighted by atomic mass is 10.2. The van der Waals surface area contributed by atoms with Crippen molar-refractivity contribution in [3.05, 3.63) is 53.3 Å². The van der Waals surface area contributed by atoms with E-state index in [1.165, 1.54) is 0 Å². The first-order valence-electron chi connectivity index (χ1n) is 6.81. The summed E-state index contributed by atoms with van der Waals surface area (Å²) in [6, 6.07) is 7.67. The summed E-state index contributed by atoms with van der Waals surface area (Å²) in [6.45, 7) is 1.39. The standard InChI is InChI=1S/C15H15ClN4O/c16-14-4-2-1-3-12(14)5-6-15(21)19-9-7-13(11-19)20-10-8-17-18-20/h1-6,8,10,13H,7,9,11H2/b6-5+. The lowest BCUT2D eigenvalue weighted by Gasteiger charge is -2.14. The third kappa shape index (κ3) is 3.13. The van der Waals surface area contributed by atoms with Crippen LogP contribution in [-0.4, -0.2) is 38.9 Å². The fourth-order valence-electron chi connectivity index (χ4n) is 2.45. The predicted molar refractivity (Wildman–Crippen MR) is 80.7 cm³/mol. The molecule has 0 radical (unpaired) electrons. The van der Waals surface area contributed by atoms with E-state index < -0.39 is 0 Å². The number of benzene rings is 1. The molecule has 1 saturated heterocycles. The van der Waals surface area contributed by atoms with Crippen molar-refractivity contribution < 1.29 is 4.79 Å². The highest BCUT2D eigenvalue weighted by Gasteiger charge is 2.26. The molecule has 0 aliphatic carbocycles. The van der Waals surface area contributed by atoms with Crippen LogP contribution >= 0.6 is 11.6 Å². The number of hydrogen-bond donors (Lipinski definition) is 0. The minimum Gasteiger partial charge on any atom is -0.337 e. The molecule has 6 heteroatoms. The summed E-state index contributed by atoms with van der Waals surface area (Å²) in [6.07, 6.45) is 7.72. The van der Waals surface area contributed by atoms with Gasteiger partial charge in [0.1, 0.15) is 0 Å². The molecule has 1 aromatic carbocycles. The van der Waals surface area contributed by atoms with Gasteiger partial charge in [0.25, 0.3) is 0 Å². The molecule has 1 unspecified atom stereocenters. The van der Waals surface area contributed by atoms with E-state index in [1.54, 1.807) is 18.3 Å². The molecule has 0 bridgehead atoms. The second-order valence-electron chi connectivity index (χ2n) is 4.96. The zero-order valence-electron chi connectivity index (χ0n) is 11.4. The smallest absolute Gasteiger partial charge is 0.246 e. The van der Waals surface area contributed by atoms with Gasteiger partial charge in [-0.15, -0.1) is 5.10 Å². The third-order valence-electron chi connectivity index (χ3n) is 3.60. The number of aromatic nitrogens is 3. The van der Waals surface area contributed by atoms with E-state index in [1.807, 2.05) is 40.0 Å². The summed E-state index contributed by atoms with van der Waals surface area (Å²) in [5, 5.41) is 8.44. The molecule has 21 heavy (non-hydrogen) atoms. The molecular formula is C15H15ClN4O. The molecule has 1 atom stereocenters. The lowest BCUT2D eigenvalue weighted by Crippen LogP contribution is -2.27. The van der Waals surface area contributed by atoms with E-state index >= 15 is 0 Å². The average Bonchev–Trinajstić information content (AvgIpc) is 3.16. The Kier molecular flexibility index (Phi) is 4.01. The minimum absolute atomic E-state index is 0.00228. The molecule has 0 N–H and O–H groups in total. The van der Waals surface area contributed by atoms with Crippen LogP contribution in [0.5, 0.6) is 0 Å². The number of carbonyl (C=O) groups excluding carboxylic acids is 1. The Balaban J connectivity index is 1.63. The Hall–Kier alpha value is -2.14. The predicted octanol–water partition coefficient (Wildman–Crippen LogP) is 2.42. The molecular weight excluding hydrogens is 288 g/mol. The monoisotopic (exact) mass is 302 g/mol. The van der Waals surface area contributed by atoms with Gasteiger partial charge in [-0.25, -0.2) is 4.68 Å². The van der Waals surface area contributed by atoms with Crippen LogP contribution in [0, 0.1) is 0 Å². The number of hydrogen-bond acceptors (Lipinski definition) is 3. The Bertz CT molecular complexity index is 653. The Morgan fingerprint density at radius 3 is 3.00 bits per heavy atom. The Labute approximate surface area is 127 Å². The highest BCUT2D eigenvalue weighted by atomic mass is 35.5. The van der Waals surface area contributed by atoms with Gasteiger partial charge in [0.05, 0.1) is 12.2 Å². The molecule has 1 amide bonds. The van der Waals surface area contributed by atoms with E-state index in [2.05, 4.69) is 10.3 Å². The largest absolute Gasteiger partial charge is 0.337 e. The molecule has 1 aliphatic rings. The maximum atomic E-state index is 12.2. The third-order valence-corrected chi connectivity index (χ3v) is 3.95. The zero-order chi connectivity index (χ0) is 14.7. The minimum atomic E-state index is -0.00228. The van der Waals surface area contributed by atoms with Crippen LogP contribution in [0.15, 0.2) is 42.7 Å². The maximum Gasteiger partial charge on any atom is 0.246 e. The number of nitrogens with zero attached hydrogens (tertiary/aromatic N) is 4. The van der Waals surface area contributed by atoms with Crippen molar-refractivity contribution in [1.82, 2.24) is 19.9 Å². The van der Waals surface area contributed by atoms with Crippen molar-refractivity contribution in [3.63, 3.8) is 0 Å². The second-order valence-corrected chi connectivity index (χ2v) is 5.37. The molecule has 2 aromatic rings. The van der Waals surface area contributed by atoms with Crippen molar-refractivity contribution in [2.75, 3.05) is 13.1 Å². The summed E-state index contributed by atoms with van der Waals surface area (Å²) in [5.74, 6) is -0.00228. The summed E-state index contributed by atoms with van der Waals surface area (Å²) in [5.41, 5.74) is 0.847. The van der Waals surface area contributed by atoms with Crippen LogP contribution < -0.4 is 0 Å². The van der Waals surface area contributed by atoms with Crippen molar-refractivity contribution in [1.29, 1.82) is 0 Å². The first-order valence-corrected chi connectivity index (χ1v) is 7.19. The van der Waals surface area contributed by atoms with Gasteiger partial charge in [-0.1, -0.05) is 35.0 Å². The van der Waals surface area contributed by atoms with Crippen LogP contribution in [0.1, 0.15) is 18.0 Å². The zero-order valence-corrected chi connectivity index (χ0v) is 12.1. The van der Waals surface area contributed by atoms with Gasteiger partial charge in [-0.3, -0.25) is 4.79 Å². The van der Waals surface area contributed by atoms with Crippen LogP contribution in [0.25, 0.3) is 6.08 Å². The maximum absolute atomic E-state index is 12.2. The average molecular weight is 303 g/mol. The molecule has 1 aromatic heterocycles. The van der Waals surface area contributed by atoms with Crippen molar-refractivity contribution >= 4 is 23.6 Å². The van der Waals surface area contributed by atoms with Gasteiger partial charge in [0, 0.05) is 30.4 Å². The number of amides is 1. The summed E-state index contributed by atoms with van der Waals surface area (Å²) in [7, 11) is 0. The van der Waals surface area contributed by atoms with Crippen LogP contribution in [0.2, 0.25) is 5.02 Å². The van der Waals surface area contributed by atoms with Crippen LogP contribution in [-0.2, 0) is 4.79 Å². The molecule has 0 saturated carbocycles. The van der Waals surface area contributed by atoms with Crippen LogP contribution in [0.3, 0.4) is 0 Å². The van der Waals surface area contributed by atoms with E-state index in [9.17, 15) is 4.79 Å². The molecule has 5 nitrogen and oxygen atoms in total.